The Hall–Kier alpha value is -2.17. The molecule has 0 aromatic heterocycles. The van der Waals surface area contributed by atoms with Crippen LogP contribution < -0.4 is 20.1 Å². The molecule has 5 heteroatoms. The summed E-state index contributed by atoms with van der Waals surface area (Å²) in [5.41, 5.74) is 0.677. The monoisotopic (exact) mass is 246 g/mol. The van der Waals surface area contributed by atoms with Crippen LogP contribution in [-0.2, 0) is 0 Å². The minimum Gasteiger partial charge on any atom is -0.454 e. The molecule has 1 aromatic carbocycles. The number of allylic oxidation sites excluding steroid dienone is 1. The standard InChI is InChI=1S/C13H14N2O3/c16-13(14-6-5-9-1-2-9)15-10-3-4-11-12(7-10)18-8-17-11/h3-7,9H,1-2,8H2,(H2,14,15,16)/b6-5+. The predicted molar refractivity (Wildman–Crippen MR) is 66.6 cm³/mol. The molecule has 2 N–H and O–H groups in total. The van der Waals surface area contributed by atoms with Gasteiger partial charge in [-0.1, -0.05) is 6.08 Å². The van der Waals surface area contributed by atoms with Crippen LogP contribution >= 0.6 is 0 Å². The number of nitrogens with one attached hydrogen (secondary N) is 2. The molecular weight excluding hydrogens is 232 g/mol. The number of amides is 2. The van der Waals surface area contributed by atoms with Crippen LogP contribution in [0.2, 0.25) is 0 Å². The lowest BCUT2D eigenvalue weighted by Crippen LogP contribution is -2.23. The number of rotatable bonds is 3. The van der Waals surface area contributed by atoms with Crippen LogP contribution in [0.1, 0.15) is 12.8 Å². The molecule has 0 atom stereocenters. The molecule has 1 saturated carbocycles. The molecule has 94 valence electrons. The molecule has 2 amide bonds. The van der Waals surface area contributed by atoms with E-state index >= 15 is 0 Å². The lowest BCUT2D eigenvalue weighted by Gasteiger charge is -2.05. The Labute approximate surface area is 105 Å². The summed E-state index contributed by atoms with van der Waals surface area (Å²) in [6, 6.07) is 5.04. The van der Waals surface area contributed by atoms with Gasteiger partial charge < -0.3 is 20.1 Å². The normalized spacial score (nSPS) is 16.9. The Morgan fingerprint density at radius 2 is 2.11 bits per heavy atom. The number of carbonyl (C=O) groups excluding carboxylic acids is 1. The minimum atomic E-state index is -0.259. The van der Waals surface area contributed by atoms with E-state index in [9.17, 15) is 4.79 Å². The molecule has 0 radical (unpaired) electrons. The van der Waals surface area contributed by atoms with Gasteiger partial charge in [-0.15, -0.1) is 0 Å². The summed E-state index contributed by atoms with van der Waals surface area (Å²) in [4.78, 5) is 11.6. The molecule has 0 bridgehead atoms. The number of hydrogen-bond donors (Lipinski definition) is 2. The Balaban J connectivity index is 1.56. The second kappa shape index (κ2) is 4.60. The first-order valence-electron chi connectivity index (χ1n) is 5.95. The highest BCUT2D eigenvalue weighted by Crippen LogP contribution is 2.34. The molecule has 18 heavy (non-hydrogen) atoms. The van der Waals surface area contributed by atoms with Crippen LogP contribution in [0.4, 0.5) is 10.5 Å². The maximum Gasteiger partial charge on any atom is 0.323 e. The number of hydrogen-bond acceptors (Lipinski definition) is 3. The molecule has 0 spiro atoms. The van der Waals surface area contributed by atoms with Crippen LogP contribution in [0.15, 0.2) is 30.5 Å². The van der Waals surface area contributed by atoms with Crippen molar-refractivity contribution in [1.82, 2.24) is 5.32 Å². The number of benzene rings is 1. The van der Waals surface area contributed by atoms with E-state index in [-0.39, 0.29) is 12.8 Å². The zero-order chi connectivity index (χ0) is 12.4. The summed E-state index contributed by atoms with van der Waals surface area (Å²) >= 11 is 0. The summed E-state index contributed by atoms with van der Waals surface area (Å²) in [7, 11) is 0. The number of anilines is 1. The van der Waals surface area contributed by atoms with Gasteiger partial charge in [-0.2, -0.15) is 0 Å². The summed E-state index contributed by atoms with van der Waals surface area (Å²) < 4.78 is 10.4. The van der Waals surface area contributed by atoms with E-state index in [1.54, 1.807) is 24.4 Å². The molecule has 1 aromatic rings. The molecule has 1 fully saturated rings. The first-order valence-corrected chi connectivity index (χ1v) is 5.95. The second-order valence-electron chi connectivity index (χ2n) is 4.36. The number of fused-ring (bicyclic) bond motifs is 1. The topological polar surface area (TPSA) is 59.6 Å². The zero-order valence-corrected chi connectivity index (χ0v) is 9.81. The molecule has 5 nitrogen and oxygen atoms in total. The van der Waals surface area contributed by atoms with Crippen LogP contribution in [0.3, 0.4) is 0 Å². The van der Waals surface area contributed by atoms with Gasteiger partial charge in [0.1, 0.15) is 0 Å². The van der Waals surface area contributed by atoms with Gasteiger partial charge >= 0.3 is 6.03 Å². The summed E-state index contributed by atoms with van der Waals surface area (Å²) in [5, 5.41) is 5.40. The first kappa shape index (κ1) is 11.0. The van der Waals surface area contributed by atoms with Gasteiger partial charge in [-0.25, -0.2) is 4.79 Å². The molecular formula is C13H14N2O3. The van der Waals surface area contributed by atoms with Crippen molar-refractivity contribution in [2.75, 3.05) is 12.1 Å². The second-order valence-corrected chi connectivity index (χ2v) is 4.36. The maximum absolute atomic E-state index is 11.6. The quantitative estimate of drug-likeness (QED) is 0.861. The zero-order valence-electron chi connectivity index (χ0n) is 9.81. The van der Waals surface area contributed by atoms with Crippen molar-refractivity contribution in [3.63, 3.8) is 0 Å². The largest absolute Gasteiger partial charge is 0.454 e. The van der Waals surface area contributed by atoms with E-state index in [0.29, 0.717) is 23.1 Å². The van der Waals surface area contributed by atoms with Crippen molar-refractivity contribution in [3.8, 4) is 11.5 Å². The van der Waals surface area contributed by atoms with E-state index in [1.165, 1.54) is 12.8 Å². The van der Waals surface area contributed by atoms with Crippen LogP contribution in [0.25, 0.3) is 0 Å². The Morgan fingerprint density at radius 1 is 1.28 bits per heavy atom. The van der Waals surface area contributed by atoms with Gasteiger partial charge in [-0.05, 0) is 30.9 Å². The molecule has 1 aliphatic carbocycles. The lowest BCUT2D eigenvalue weighted by molar-refractivity contribution is 0.174. The SMILES string of the molecule is O=C(N/C=C/C1CC1)Nc1ccc2c(c1)OCO2. The molecule has 1 aliphatic heterocycles. The van der Waals surface area contributed by atoms with Gasteiger partial charge in [0.2, 0.25) is 6.79 Å². The summed E-state index contributed by atoms with van der Waals surface area (Å²) in [5.74, 6) is 2.01. The summed E-state index contributed by atoms with van der Waals surface area (Å²) in [6.45, 7) is 0.231. The number of ether oxygens (including phenoxy) is 2. The summed E-state index contributed by atoms with van der Waals surface area (Å²) in [6.07, 6.45) is 6.16. The van der Waals surface area contributed by atoms with Crippen molar-refractivity contribution in [2.45, 2.75) is 12.8 Å². The van der Waals surface area contributed by atoms with Gasteiger partial charge in [0, 0.05) is 18.0 Å². The Kier molecular flexibility index (Phi) is 2.80. The lowest BCUT2D eigenvalue weighted by atomic mass is 10.3. The fourth-order valence-corrected chi connectivity index (χ4v) is 1.69. The van der Waals surface area contributed by atoms with Crippen LogP contribution in [0, 0.1) is 5.92 Å². The molecule has 2 aliphatic rings. The number of carbonyl (C=O) groups is 1. The van der Waals surface area contributed by atoms with Crippen molar-refractivity contribution in [3.05, 3.63) is 30.5 Å². The van der Waals surface area contributed by atoms with E-state index in [2.05, 4.69) is 10.6 Å². The van der Waals surface area contributed by atoms with E-state index in [1.807, 2.05) is 6.08 Å². The average Bonchev–Trinajstić information content (AvgIpc) is 3.06. The average molecular weight is 246 g/mol. The fourth-order valence-electron chi connectivity index (χ4n) is 1.69. The first-order chi connectivity index (χ1) is 8.81. The van der Waals surface area contributed by atoms with E-state index in [4.69, 9.17) is 9.47 Å². The molecule has 0 unspecified atom stereocenters. The van der Waals surface area contributed by atoms with Gasteiger partial charge in [0.15, 0.2) is 11.5 Å². The van der Waals surface area contributed by atoms with Crippen LogP contribution in [-0.4, -0.2) is 12.8 Å². The fraction of sp³-hybridized carbons (Fsp3) is 0.308. The van der Waals surface area contributed by atoms with Gasteiger partial charge in [-0.3, -0.25) is 0 Å². The Bertz CT molecular complexity index is 495. The highest BCUT2D eigenvalue weighted by molar-refractivity contribution is 5.90. The van der Waals surface area contributed by atoms with E-state index in [0.717, 1.165) is 0 Å². The van der Waals surface area contributed by atoms with E-state index < -0.39 is 0 Å². The van der Waals surface area contributed by atoms with Crippen molar-refractivity contribution < 1.29 is 14.3 Å². The third-order valence-electron chi connectivity index (χ3n) is 2.84. The van der Waals surface area contributed by atoms with Gasteiger partial charge in [0.25, 0.3) is 0 Å². The third kappa shape index (κ3) is 2.56. The Morgan fingerprint density at radius 3 is 2.94 bits per heavy atom. The maximum atomic E-state index is 11.6. The van der Waals surface area contributed by atoms with Crippen molar-refractivity contribution >= 4 is 11.7 Å². The smallest absolute Gasteiger partial charge is 0.323 e. The minimum absolute atomic E-state index is 0.231. The van der Waals surface area contributed by atoms with Crippen molar-refractivity contribution in [2.24, 2.45) is 5.92 Å². The number of urea groups is 1. The third-order valence-corrected chi connectivity index (χ3v) is 2.84. The molecule has 3 rings (SSSR count). The highest BCUT2D eigenvalue weighted by atomic mass is 16.7. The molecule has 0 saturated heterocycles. The van der Waals surface area contributed by atoms with Crippen LogP contribution in [0.5, 0.6) is 11.5 Å². The highest BCUT2D eigenvalue weighted by Gasteiger charge is 2.17. The molecule has 1 heterocycles. The van der Waals surface area contributed by atoms with Crippen molar-refractivity contribution in [1.29, 1.82) is 0 Å². The van der Waals surface area contributed by atoms with Gasteiger partial charge in [0.05, 0.1) is 0 Å². The predicted octanol–water partition coefficient (Wildman–Crippen LogP) is 2.46.